The second-order valence-electron chi connectivity index (χ2n) is 5.74. The molecule has 0 fully saturated rings. The Labute approximate surface area is 157 Å². The highest BCUT2D eigenvalue weighted by molar-refractivity contribution is 6.04. The van der Waals surface area contributed by atoms with E-state index >= 15 is 0 Å². The molecule has 0 saturated carbocycles. The Kier molecular flexibility index (Phi) is 6.14. The number of aromatic nitrogens is 1. The number of anilines is 2. The zero-order chi connectivity index (χ0) is 18.9. The van der Waals surface area contributed by atoms with Gasteiger partial charge in [-0.1, -0.05) is 24.3 Å². The molecule has 1 aromatic heterocycles. The second-order valence-corrected chi connectivity index (χ2v) is 5.74. The van der Waals surface area contributed by atoms with Gasteiger partial charge in [-0.25, -0.2) is 0 Å². The minimum Gasteiger partial charge on any atom is -0.493 e. The highest BCUT2D eigenvalue weighted by Gasteiger charge is 2.07. The molecule has 27 heavy (non-hydrogen) atoms. The number of rotatable bonds is 7. The molecule has 0 radical (unpaired) electrons. The molecule has 1 heterocycles. The summed E-state index contributed by atoms with van der Waals surface area (Å²) >= 11 is 0. The summed E-state index contributed by atoms with van der Waals surface area (Å²) in [7, 11) is 0. The molecule has 3 aromatic rings. The topological polar surface area (TPSA) is 80.3 Å². The lowest BCUT2D eigenvalue weighted by Gasteiger charge is -2.09. The summed E-state index contributed by atoms with van der Waals surface area (Å²) in [6.07, 6.45) is 3.32. The van der Waals surface area contributed by atoms with Crippen molar-refractivity contribution < 1.29 is 14.3 Å². The largest absolute Gasteiger partial charge is 0.493 e. The fourth-order valence-corrected chi connectivity index (χ4v) is 2.38. The van der Waals surface area contributed by atoms with Crippen molar-refractivity contribution in [3.8, 4) is 5.75 Å². The quantitative estimate of drug-likeness (QED) is 0.672. The van der Waals surface area contributed by atoms with E-state index in [-0.39, 0.29) is 24.8 Å². The van der Waals surface area contributed by atoms with Gasteiger partial charge >= 0.3 is 0 Å². The van der Waals surface area contributed by atoms with Crippen molar-refractivity contribution in [2.24, 2.45) is 0 Å². The summed E-state index contributed by atoms with van der Waals surface area (Å²) in [5.74, 6) is 0.301. The number of nitrogens with one attached hydrogen (secondary N) is 2. The fraction of sp³-hybridized carbons (Fsp3) is 0.0952. The Morgan fingerprint density at radius 3 is 2.41 bits per heavy atom. The monoisotopic (exact) mass is 361 g/mol. The van der Waals surface area contributed by atoms with Crippen LogP contribution in [0.25, 0.3) is 0 Å². The van der Waals surface area contributed by atoms with Gasteiger partial charge in [-0.15, -0.1) is 0 Å². The van der Waals surface area contributed by atoms with Gasteiger partial charge < -0.3 is 15.4 Å². The third-order valence-corrected chi connectivity index (χ3v) is 3.67. The van der Waals surface area contributed by atoms with Gasteiger partial charge in [0.25, 0.3) is 5.91 Å². The maximum atomic E-state index is 12.2. The Balaban J connectivity index is 1.51. The summed E-state index contributed by atoms with van der Waals surface area (Å²) in [5, 5.41) is 5.58. The fourth-order valence-electron chi connectivity index (χ4n) is 2.38. The number of ether oxygens (including phenoxy) is 1. The van der Waals surface area contributed by atoms with Crippen molar-refractivity contribution in [2.75, 3.05) is 17.2 Å². The predicted molar refractivity (Wildman–Crippen MR) is 104 cm³/mol. The summed E-state index contributed by atoms with van der Waals surface area (Å²) < 4.78 is 5.52. The number of pyridine rings is 1. The number of amides is 2. The van der Waals surface area contributed by atoms with E-state index in [4.69, 9.17) is 4.74 Å². The smallest absolute Gasteiger partial charge is 0.257 e. The summed E-state index contributed by atoms with van der Waals surface area (Å²) in [6.45, 7) is 0.285. The average Bonchev–Trinajstić information content (AvgIpc) is 2.70. The van der Waals surface area contributed by atoms with Crippen molar-refractivity contribution >= 4 is 23.2 Å². The molecule has 0 bridgehead atoms. The highest BCUT2D eigenvalue weighted by Crippen LogP contribution is 2.16. The van der Waals surface area contributed by atoms with Gasteiger partial charge in [0.2, 0.25) is 5.91 Å². The van der Waals surface area contributed by atoms with E-state index in [1.807, 2.05) is 30.3 Å². The highest BCUT2D eigenvalue weighted by atomic mass is 16.5. The minimum absolute atomic E-state index is 0.165. The van der Waals surface area contributed by atoms with Crippen molar-refractivity contribution in [1.82, 2.24) is 4.98 Å². The maximum absolute atomic E-state index is 12.2. The van der Waals surface area contributed by atoms with Gasteiger partial charge in [0, 0.05) is 23.8 Å². The van der Waals surface area contributed by atoms with E-state index in [1.165, 1.54) is 6.20 Å². The molecule has 0 aliphatic rings. The molecule has 136 valence electrons. The van der Waals surface area contributed by atoms with Crippen molar-refractivity contribution in [1.29, 1.82) is 0 Å². The van der Waals surface area contributed by atoms with E-state index in [0.717, 1.165) is 5.75 Å². The first-order valence-corrected chi connectivity index (χ1v) is 8.50. The number of carbonyl (C=O) groups is 2. The number of carbonyl (C=O) groups excluding carboxylic acids is 2. The molecule has 0 saturated heterocycles. The van der Waals surface area contributed by atoms with Gasteiger partial charge in [-0.3, -0.25) is 14.6 Å². The predicted octanol–water partition coefficient (Wildman–Crippen LogP) is 3.74. The molecule has 0 spiro atoms. The summed E-state index contributed by atoms with van der Waals surface area (Å²) in [5.41, 5.74) is 1.65. The summed E-state index contributed by atoms with van der Waals surface area (Å²) in [4.78, 5) is 28.2. The molecule has 0 aliphatic heterocycles. The van der Waals surface area contributed by atoms with Crippen LogP contribution >= 0.6 is 0 Å². The first kappa shape index (κ1) is 18.1. The van der Waals surface area contributed by atoms with Gasteiger partial charge in [0.05, 0.1) is 18.6 Å². The van der Waals surface area contributed by atoms with Crippen LogP contribution in [0.1, 0.15) is 16.8 Å². The molecular formula is C21H19N3O3. The molecule has 2 N–H and O–H groups in total. The minimum atomic E-state index is -0.261. The number of para-hydroxylation sites is 1. The van der Waals surface area contributed by atoms with Gasteiger partial charge in [0.1, 0.15) is 5.75 Å². The number of benzene rings is 2. The van der Waals surface area contributed by atoms with Gasteiger partial charge in [0.15, 0.2) is 0 Å². The van der Waals surface area contributed by atoms with Gasteiger partial charge in [-0.05, 0) is 42.5 Å². The molecule has 0 aliphatic carbocycles. The zero-order valence-electron chi connectivity index (χ0n) is 14.6. The van der Waals surface area contributed by atoms with Crippen molar-refractivity contribution in [2.45, 2.75) is 6.42 Å². The molecule has 6 nitrogen and oxygen atoms in total. The Hall–Kier alpha value is -3.67. The Morgan fingerprint density at radius 1 is 0.889 bits per heavy atom. The first-order chi connectivity index (χ1) is 13.2. The van der Waals surface area contributed by atoms with Crippen LogP contribution in [0.3, 0.4) is 0 Å². The van der Waals surface area contributed by atoms with Crippen LogP contribution in [0.2, 0.25) is 0 Å². The van der Waals surface area contributed by atoms with Crippen LogP contribution in [0.4, 0.5) is 11.4 Å². The summed E-state index contributed by atoms with van der Waals surface area (Å²) in [6, 6.07) is 19.7. The van der Waals surface area contributed by atoms with E-state index in [9.17, 15) is 9.59 Å². The normalized spacial score (nSPS) is 10.1. The average molecular weight is 361 g/mol. The Morgan fingerprint density at radius 2 is 1.67 bits per heavy atom. The second kappa shape index (κ2) is 9.15. The maximum Gasteiger partial charge on any atom is 0.257 e. The third kappa shape index (κ3) is 5.67. The molecular weight excluding hydrogens is 342 g/mol. The van der Waals surface area contributed by atoms with Crippen molar-refractivity contribution in [3.63, 3.8) is 0 Å². The third-order valence-electron chi connectivity index (χ3n) is 3.67. The van der Waals surface area contributed by atoms with Crippen LogP contribution in [0.5, 0.6) is 5.75 Å². The lowest BCUT2D eigenvalue weighted by atomic mass is 10.2. The zero-order valence-corrected chi connectivity index (χ0v) is 14.6. The molecule has 3 rings (SSSR count). The lowest BCUT2D eigenvalue weighted by Crippen LogP contribution is -2.16. The number of nitrogens with zero attached hydrogens (tertiary/aromatic N) is 1. The standard InChI is InChI=1S/C21H19N3O3/c25-20(11-13-27-19-9-2-1-3-10-19)23-17-7-4-8-18(14-17)24-21(26)16-6-5-12-22-15-16/h1-10,12,14-15H,11,13H2,(H,23,25)(H,24,26). The molecule has 0 atom stereocenters. The van der Waals surface area contributed by atoms with Crippen LogP contribution in [-0.4, -0.2) is 23.4 Å². The van der Waals surface area contributed by atoms with E-state index in [2.05, 4.69) is 15.6 Å². The van der Waals surface area contributed by atoms with E-state index in [1.54, 1.807) is 42.6 Å². The molecule has 0 unspecified atom stereocenters. The van der Waals surface area contributed by atoms with Crippen LogP contribution in [0, 0.1) is 0 Å². The molecule has 2 amide bonds. The number of hydrogen-bond acceptors (Lipinski definition) is 4. The van der Waals surface area contributed by atoms with Gasteiger partial charge in [-0.2, -0.15) is 0 Å². The molecule has 6 heteroatoms. The van der Waals surface area contributed by atoms with Crippen LogP contribution in [0.15, 0.2) is 79.1 Å². The van der Waals surface area contributed by atoms with E-state index in [0.29, 0.717) is 16.9 Å². The van der Waals surface area contributed by atoms with Crippen LogP contribution in [-0.2, 0) is 4.79 Å². The Bertz CT molecular complexity index is 899. The lowest BCUT2D eigenvalue weighted by molar-refractivity contribution is -0.116. The van der Waals surface area contributed by atoms with Crippen LogP contribution < -0.4 is 15.4 Å². The first-order valence-electron chi connectivity index (χ1n) is 8.50. The SMILES string of the molecule is O=C(CCOc1ccccc1)Nc1cccc(NC(=O)c2cccnc2)c1. The van der Waals surface area contributed by atoms with Crippen molar-refractivity contribution in [3.05, 3.63) is 84.7 Å². The number of hydrogen-bond donors (Lipinski definition) is 2. The van der Waals surface area contributed by atoms with E-state index < -0.39 is 0 Å². The molecule has 2 aromatic carbocycles.